The predicted molar refractivity (Wildman–Crippen MR) is 133 cm³/mol. The highest BCUT2D eigenvalue weighted by Gasteiger charge is 2.31. The van der Waals surface area contributed by atoms with E-state index >= 15 is 0 Å². The summed E-state index contributed by atoms with van der Waals surface area (Å²) in [5, 5.41) is 3.58. The SMILES string of the molecule is CC.CCN(c1nc2c(F)cnc(NC(=O)C3CC3)c2s1)C1CCC(CCS(C)(=O)=O)CC1. The molecular formula is C23H35FN4O3S2. The van der Waals surface area contributed by atoms with Crippen LogP contribution >= 0.6 is 11.3 Å². The number of rotatable bonds is 8. The zero-order chi connectivity index (χ0) is 24.2. The van der Waals surface area contributed by atoms with Crippen LogP contribution in [0.25, 0.3) is 10.2 Å². The Bertz CT molecular complexity index is 1060. The van der Waals surface area contributed by atoms with E-state index in [0.717, 1.165) is 62.8 Å². The Morgan fingerprint density at radius 3 is 2.45 bits per heavy atom. The average molecular weight is 499 g/mol. The van der Waals surface area contributed by atoms with Gasteiger partial charge in [-0.1, -0.05) is 25.2 Å². The van der Waals surface area contributed by atoms with E-state index in [9.17, 15) is 17.6 Å². The van der Waals surface area contributed by atoms with Crippen LogP contribution in [0, 0.1) is 17.7 Å². The molecule has 184 valence electrons. The van der Waals surface area contributed by atoms with Crippen molar-refractivity contribution >= 4 is 48.2 Å². The summed E-state index contributed by atoms with van der Waals surface area (Å²) in [5.41, 5.74) is 0.251. The number of hydrogen-bond donors (Lipinski definition) is 1. The van der Waals surface area contributed by atoms with Crippen LogP contribution in [0.4, 0.5) is 15.3 Å². The molecule has 2 aliphatic rings. The van der Waals surface area contributed by atoms with Gasteiger partial charge >= 0.3 is 0 Å². The monoisotopic (exact) mass is 498 g/mol. The molecule has 1 amide bonds. The number of thiazole rings is 1. The molecule has 10 heteroatoms. The minimum absolute atomic E-state index is 0.0410. The number of nitrogens with zero attached hydrogens (tertiary/aromatic N) is 3. The number of sulfone groups is 1. The van der Waals surface area contributed by atoms with E-state index in [1.165, 1.54) is 17.6 Å². The van der Waals surface area contributed by atoms with E-state index < -0.39 is 15.7 Å². The lowest BCUT2D eigenvalue weighted by Gasteiger charge is -2.36. The first kappa shape index (κ1) is 25.8. The van der Waals surface area contributed by atoms with Crippen LogP contribution in [0.1, 0.15) is 65.7 Å². The minimum Gasteiger partial charge on any atom is -0.345 e. The van der Waals surface area contributed by atoms with Gasteiger partial charge in [-0.25, -0.2) is 22.8 Å². The molecule has 2 heterocycles. The molecule has 2 aliphatic carbocycles. The Labute approximate surface area is 200 Å². The summed E-state index contributed by atoms with van der Waals surface area (Å²) in [7, 11) is -2.92. The molecule has 0 unspecified atom stereocenters. The third-order valence-electron chi connectivity index (χ3n) is 6.29. The lowest BCUT2D eigenvalue weighted by molar-refractivity contribution is -0.117. The van der Waals surface area contributed by atoms with Gasteiger partial charge in [0.1, 0.15) is 20.1 Å². The molecule has 2 fully saturated rings. The zero-order valence-electron chi connectivity index (χ0n) is 19.9. The van der Waals surface area contributed by atoms with E-state index in [-0.39, 0.29) is 23.1 Å². The van der Waals surface area contributed by atoms with Crippen molar-refractivity contribution in [1.82, 2.24) is 9.97 Å². The standard InChI is InChI=1S/C21H29FN4O3S2.C2H6/c1-3-26(15-8-4-13(5-9-15)10-11-31(2,28)29)21-24-17-16(22)12-23-19(18(17)30-21)25-20(27)14-6-7-14;1-2/h12-15H,3-11H2,1-2H3,(H,23,25,27);1-2H3. The van der Waals surface area contributed by atoms with Crippen LogP contribution in [0.3, 0.4) is 0 Å². The van der Waals surface area contributed by atoms with Gasteiger partial charge in [-0.2, -0.15) is 0 Å². The number of nitrogens with one attached hydrogen (secondary N) is 1. The second kappa shape index (κ2) is 11.1. The van der Waals surface area contributed by atoms with Crippen molar-refractivity contribution in [3.05, 3.63) is 12.0 Å². The summed E-state index contributed by atoms with van der Waals surface area (Å²) in [6.07, 6.45) is 8.81. The van der Waals surface area contributed by atoms with E-state index in [1.807, 2.05) is 13.8 Å². The summed E-state index contributed by atoms with van der Waals surface area (Å²) in [4.78, 5) is 23.1. The van der Waals surface area contributed by atoms with Crippen molar-refractivity contribution in [2.45, 2.75) is 71.8 Å². The number of carbonyl (C=O) groups is 1. The van der Waals surface area contributed by atoms with Crippen LogP contribution < -0.4 is 10.2 Å². The number of carbonyl (C=O) groups excluding carboxylic acids is 1. The highest BCUT2D eigenvalue weighted by molar-refractivity contribution is 7.90. The molecule has 0 saturated heterocycles. The van der Waals surface area contributed by atoms with E-state index in [2.05, 4.69) is 27.1 Å². The Morgan fingerprint density at radius 1 is 1.21 bits per heavy atom. The molecule has 33 heavy (non-hydrogen) atoms. The maximum Gasteiger partial charge on any atom is 0.228 e. The summed E-state index contributed by atoms with van der Waals surface area (Å²) >= 11 is 1.37. The highest BCUT2D eigenvalue weighted by Crippen LogP contribution is 2.39. The van der Waals surface area contributed by atoms with Crippen molar-refractivity contribution in [2.24, 2.45) is 11.8 Å². The normalized spacial score (nSPS) is 20.8. The Hall–Kier alpha value is -1.81. The largest absolute Gasteiger partial charge is 0.345 e. The van der Waals surface area contributed by atoms with Gasteiger partial charge in [0.25, 0.3) is 0 Å². The Kier molecular flexibility index (Phi) is 8.66. The van der Waals surface area contributed by atoms with Gasteiger partial charge in [0.2, 0.25) is 5.91 Å². The molecule has 2 aromatic rings. The average Bonchev–Trinajstić information content (AvgIpc) is 3.56. The second-order valence-corrected chi connectivity index (χ2v) is 12.0. The van der Waals surface area contributed by atoms with Crippen LogP contribution in [0.5, 0.6) is 0 Å². The molecule has 0 radical (unpaired) electrons. The third kappa shape index (κ3) is 6.62. The topological polar surface area (TPSA) is 92.3 Å². The quantitative estimate of drug-likeness (QED) is 0.549. The van der Waals surface area contributed by atoms with Gasteiger partial charge in [0.15, 0.2) is 16.8 Å². The number of hydrogen-bond acceptors (Lipinski definition) is 7. The first-order valence-electron chi connectivity index (χ1n) is 12.0. The van der Waals surface area contributed by atoms with Crippen LogP contribution in [0.2, 0.25) is 0 Å². The fourth-order valence-electron chi connectivity index (χ4n) is 4.32. The van der Waals surface area contributed by atoms with Crippen molar-refractivity contribution in [3.8, 4) is 0 Å². The fourth-order valence-corrected chi connectivity index (χ4v) is 6.24. The maximum absolute atomic E-state index is 14.4. The van der Waals surface area contributed by atoms with Crippen LogP contribution in [-0.4, -0.2) is 48.9 Å². The van der Waals surface area contributed by atoms with Crippen LogP contribution in [0.15, 0.2) is 6.20 Å². The van der Waals surface area contributed by atoms with Crippen LogP contribution in [-0.2, 0) is 14.6 Å². The first-order chi connectivity index (χ1) is 15.7. The summed E-state index contributed by atoms with van der Waals surface area (Å²) in [5.74, 6) is 0.569. The van der Waals surface area contributed by atoms with Crippen molar-refractivity contribution < 1.29 is 17.6 Å². The van der Waals surface area contributed by atoms with Crippen molar-refractivity contribution in [3.63, 3.8) is 0 Å². The van der Waals surface area contributed by atoms with Gasteiger partial charge < -0.3 is 10.2 Å². The number of aromatic nitrogens is 2. The lowest BCUT2D eigenvalue weighted by atomic mass is 9.84. The second-order valence-electron chi connectivity index (χ2n) is 8.77. The molecular weight excluding hydrogens is 463 g/mol. The molecule has 0 spiro atoms. The Morgan fingerprint density at radius 2 is 1.88 bits per heavy atom. The molecule has 4 rings (SSSR count). The van der Waals surface area contributed by atoms with Gasteiger partial charge in [-0.05, 0) is 57.8 Å². The fraction of sp³-hybridized carbons (Fsp3) is 0.696. The van der Waals surface area contributed by atoms with Gasteiger partial charge in [-0.3, -0.25) is 4.79 Å². The van der Waals surface area contributed by atoms with E-state index in [4.69, 9.17) is 0 Å². The Balaban J connectivity index is 0.00000149. The third-order valence-corrected chi connectivity index (χ3v) is 8.37. The molecule has 0 bridgehead atoms. The summed E-state index contributed by atoms with van der Waals surface area (Å²) in [6, 6.07) is 0.292. The van der Waals surface area contributed by atoms with Gasteiger partial charge in [0.05, 0.1) is 11.9 Å². The molecule has 0 aromatic carbocycles. The maximum atomic E-state index is 14.4. The first-order valence-corrected chi connectivity index (χ1v) is 14.8. The molecule has 2 saturated carbocycles. The van der Waals surface area contributed by atoms with Gasteiger partial charge in [0, 0.05) is 24.8 Å². The lowest BCUT2D eigenvalue weighted by Crippen LogP contribution is -2.38. The molecule has 0 atom stereocenters. The minimum atomic E-state index is -2.92. The molecule has 0 aliphatic heterocycles. The number of amides is 1. The summed E-state index contributed by atoms with van der Waals surface area (Å²) < 4.78 is 37.9. The van der Waals surface area contributed by atoms with Crippen molar-refractivity contribution in [2.75, 3.05) is 28.8 Å². The number of halogens is 1. The molecule has 1 N–H and O–H groups in total. The molecule has 2 aromatic heterocycles. The van der Waals surface area contributed by atoms with Crippen molar-refractivity contribution in [1.29, 1.82) is 0 Å². The van der Waals surface area contributed by atoms with E-state index in [0.29, 0.717) is 22.5 Å². The smallest absolute Gasteiger partial charge is 0.228 e. The predicted octanol–water partition coefficient (Wildman–Crippen LogP) is 5.02. The highest BCUT2D eigenvalue weighted by atomic mass is 32.2. The number of fused-ring (bicyclic) bond motifs is 1. The summed E-state index contributed by atoms with van der Waals surface area (Å²) in [6.45, 7) is 6.81. The molecule has 7 nitrogen and oxygen atoms in total. The van der Waals surface area contributed by atoms with E-state index in [1.54, 1.807) is 0 Å². The number of anilines is 2. The van der Waals surface area contributed by atoms with Gasteiger partial charge in [-0.15, -0.1) is 0 Å². The number of pyridine rings is 1. The zero-order valence-corrected chi connectivity index (χ0v) is 21.6.